The van der Waals surface area contributed by atoms with Crippen LogP contribution in [-0.2, 0) is 9.59 Å². The molecule has 0 aliphatic carbocycles. The molecule has 2 aromatic rings. The van der Waals surface area contributed by atoms with Gasteiger partial charge in [0.1, 0.15) is 17.3 Å². The summed E-state index contributed by atoms with van der Waals surface area (Å²) in [5, 5.41) is 11.6. The molecule has 1 fully saturated rings. The van der Waals surface area contributed by atoms with E-state index in [1.165, 1.54) is 18.1 Å². The number of carbonyl (C=O) groups excluding carboxylic acids is 2. The van der Waals surface area contributed by atoms with E-state index < -0.39 is 17.7 Å². The van der Waals surface area contributed by atoms with Gasteiger partial charge in [-0.3, -0.25) is 9.59 Å². The van der Waals surface area contributed by atoms with Crippen LogP contribution in [0.4, 0.5) is 0 Å². The topological polar surface area (TPSA) is 79.3 Å². The summed E-state index contributed by atoms with van der Waals surface area (Å²) in [6.45, 7) is 9.44. The normalized spacial score (nSPS) is 17.3. The van der Waals surface area contributed by atoms with Crippen LogP contribution in [0.25, 0.3) is 5.76 Å². The maximum atomic E-state index is 13.3. The lowest BCUT2D eigenvalue weighted by Crippen LogP contribution is -2.33. The highest BCUT2D eigenvalue weighted by Crippen LogP contribution is 2.43. The van der Waals surface area contributed by atoms with E-state index in [4.69, 9.17) is 21.1 Å². The predicted molar refractivity (Wildman–Crippen MR) is 137 cm³/mol. The number of methoxy groups -OCH3 is 1. The van der Waals surface area contributed by atoms with Gasteiger partial charge in [0.05, 0.1) is 30.4 Å². The molecule has 7 nitrogen and oxygen atoms in total. The van der Waals surface area contributed by atoms with Gasteiger partial charge in [0.15, 0.2) is 0 Å². The van der Waals surface area contributed by atoms with Crippen LogP contribution in [0.2, 0.25) is 5.02 Å². The van der Waals surface area contributed by atoms with Gasteiger partial charge in [-0.15, -0.1) is 0 Å². The second kappa shape index (κ2) is 12.1. The summed E-state index contributed by atoms with van der Waals surface area (Å²) >= 11 is 6.33. The summed E-state index contributed by atoms with van der Waals surface area (Å²) in [5.74, 6) is -0.645. The first-order valence-electron chi connectivity index (χ1n) is 11.9. The molecular formula is C27H33ClN2O5. The molecule has 1 atom stereocenters. The third-order valence-corrected chi connectivity index (χ3v) is 6.54. The first kappa shape index (κ1) is 26.6. The molecule has 1 saturated heterocycles. The van der Waals surface area contributed by atoms with Crippen LogP contribution >= 0.6 is 11.6 Å². The number of hydrogen-bond donors (Lipinski definition) is 1. The molecule has 1 aliphatic rings. The van der Waals surface area contributed by atoms with E-state index in [2.05, 4.69) is 18.7 Å². The highest BCUT2D eigenvalue weighted by molar-refractivity contribution is 6.46. The van der Waals surface area contributed by atoms with E-state index in [0.717, 1.165) is 19.6 Å². The molecular weight excluding hydrogens is 468 g/mol. The number of Topliss-reactive ketones (excluding diaryl/α,β-unsaturated/α-hetero) is 1. The fraction of sp³-hybridized carbons (Fsp3) is 0.407. The van der Waals surface area contributed by atoms with Crippen LogP contribution < -0.4 is 9.47 Å². The zero-order chi connectivity index (χ0) is 25.5. The highest BCUT2D eigenvalue weighted by atomic mass is 35.5. The summed E-state index contributed by atoms with van der Waals surface area (Å²) in [4.78, 5) is 30.2. The van der Waals surface area contributed by atoms with E-state index in [9.17, 15) is 14.7 Å². The first-order chi connectivity index (χ1) is 16.9. The highest BCUT2D eigenvalue weighted by Gasteiger charge is 2.46. The van der Waals surface area contributed by atoms with Gasteiger partial charge < -0.3 is 24.4 Å². The molecule has 35 heavy (non-hydrogen) atoms. The molecule has 1 heterocycles. The third-order valence-electron chi connectivity index (χ3n) is 6.25. The number of aliphatic hydroxyl groups is 1. The maximum absolute atomic E-state index is 13.3. The largest absolute Gasteiger partial charge is 0.507 e. The van der Waals surface area contributed by atoms with Crippen molar-refractivity contribution in [1.82, 2.24) is 9.80 Å². The standard InChI is InChI=1S/C27H33ClN2O5/c1-5-29(6-2)15-10-16-30-24(19-11-8-9-12-21(19)34-4)23(26(32)27(30)33)25(31)18-13-14-22(35-7-3)20(28)17-18/h8-9,11-14,17,24,31H,5-7,10,15-16H2,1-4H3/b25-23+. The number of ether oxygens (including phenoxy) is 2. The van der Waals surface area contributed by atoms with Gasteiger partial charge in [-0.25, -0.2) is 0 Å². The second-order valence-corrected chi connectivity index (χ2v) is 8.60. The van der Waals surface area contributed by atoms with Crippen molar-refractivity contribution in [2.45, 2.75) is 33.2 Å². The number of carbonyl (C=O) groups is 2. The van der Waals surface area contributed by atoms with E-state index in [0.29, 0.717) is 47.2 Å². The average molecular weight is 501 g/mol. The minimum absolute atomic E-state index is 0.0163. The summed E-state index contributed by atoms with van der Waals surface area (Å²) in [5.41, 5.74) is 0.984. The molecule has 1 aliphatic heterocycles. The lowest BCUT2D eigenvalue weighted by atomic mass is 9.94. The molecule has 3 rings (SSSR count). The van der Waals surface area contributed by atoms with Gasteiger partial charge >= 0.3 is 0 Å². The van der Waals surface area contributed by atoms with E-state index in [1.54, 1.807) is 18.2 Å². The van der Waals surface area contributed by atoms with Crippen LogP contribution in [0.15, 0.2) is 48.0 Å². The Labute approximate surface area is 211 Å². The van der Waals surface area contributed by atoms with Gasteiger partial charge in [-0.1, -0.05) is 43.6 Å². The van der Waals surface area contributed by atoms with E-state index in [1.807, 2.05) is 25.1 Å². The number of ketones is 1. The number of amides is 1. The SMILES string of the molecule is CCOc1ccc(/C(O)=C2\C(=O)C(=O)N(CCCN(CC)CC)C2c2ccccc2OC)cc1Cl. The minimum Gasteiger partial charge on any atom is -0.507 e. The summed E-state index contributed by atoms with van der Waals surface area (Å²) in [6.07, 6.45) is 0.690. The number of benzene rings is 2. The van der Waals surface area contributed by atoms with Crippen LogP contribution in [0.1, 0.15) is 44.4 Å². The van der Waals surface area contributed by atoms with E-state index >= 15 is 0 Å². The maximum Gasteiger partial charge on any atom is 0.295 e. The Balaban J connectivity index is 2.08. The molecule has 0 aromatic heterocycles. The zero-order valence-electron chi connectivity index (χ0n) is 20.7. The van der Waals surface area contributed by atoms with Crippen molar-refractivity contribution in [3.63, 3.8) is 0 Å². The first-order valence-corrected chi connectivity index (χ1v) is 12.3. The summed E-state index contributed by atoms with van der Waals surface area (Å²) in [7, 11) is 1.54. The lowest BCUT2D eigenvalue weighted by Gasteiger charge is -2.27. The molecule has 8 heteroatoms. The number of hydrogen-bond acceptors (Lipinski definition) is 6. The Morgan fingerprint density at radius 3 is 2.43 bits per heavy atom. The molecule has 0 bridgehead atoms. The minimum atomic E-state index is -0.784. The number of nitrogens with zero attached hydrogens (tertiary/aromatic N) is 2. The Morgan fingerprint density at radius 1 is 1.09 bits per heavy atom. The van der Waals surface area contributed by atoms with Crippen LogP contribution in [-0.4, -0.2) is 66.5 Å². The van der Waals surface area contributed by atoms with Crippen LogP contribution in [0.3, 0.4) is 0 Å². The molecule has 188 valence electrons. The van der Waals surface area contributed by atoms with Crippen molar-refractivity contribution in [1.29, 1.82) is 0 Å². The zero-order valence-corrected chi connectivity index (χ0v) is 21.5. The van der Waals surface area contributed by atoms with Gasteiger partial charge in [0.25, 0.3) is 11.7 Å². The number of likely N-dealkylation sites (tertiary alicyclic amines) is 1. The molecule has 0 saturated carbocycles. The van der Waals surface area contributed by atoms with Crippen molar-refractivity contribution in [2.24, 2.45) is 0 Å². The summed E-state index contributed by atoms with van der Waals surface area (Å²) < 4.78 is 11.0. The fourth-order valence-electron chi connectivity index (χ4n) is 4.41. The number of aliphatic hydroxyl groups excluding tert-OH is 1. The molecule has 1 unspecified atom stereocenters. The fourth-order valence-corrected chi connectivity index (χ4v) is 4.64. The Hall–Kier alpha value is -3.03. The van der Waals surface area contributed by atoms with Gasteiger partial charge in [0.2, 0.25) is 0 Å². The van der Waals surface area contributed by atoms with Crippen molar-refractivity contribution < 1.29 is 24.2 Å². The molecule has 0 spiro atoms. The number of para-hydroxylation sites is 1. The van der Waals surface area contributed by atoms with Gasteiger partial charge in [-0.2, -0.15) is 0 Å². The molecule has 1 N–H and O–H groups in total. The van der Waals surface area contributed by atoms with Crippen LogP contribution in [0, 0.1) is 0 Å². The third kappa shape index (κ3) is 5.63. The van der Waals surface area contributed by atoms with Gasteiger partial charge in [-0.05, 0) is 57.2 Å². The Kier molecular flexibility index (Phi) is 9.18. The Bertz CT molecular complexity index is 1100. The molecule has 2 aromatic carbocycles. The van der Waals surface area contributed by atoms with Crippen LogP contribution in [0.5, 0.6) is 11.5 Å². The second-order valence-electron chi connectivity index (χ2n) is 8.19. The molecule has 1 amide bonds. The average Bonchev–Trinajstić information content (AvgIpc) is 3.12. The van der Waals surface area contributed by atoms with Crippen molar-refractivity contribution in [2.75, 3.05) is 39.9 Å². The Morgan fingerprint density at radius 2 is 1.80 bits per heavy atom. The lowest BCUT2D eigenvalue weighted by molar-refractivity contribution is -0.140. The quantitative estimate of drug-likeness (QED) is 0.268. The van der Waals surface area contributed by atoms with Crippen molar-refractivity contribution in [3.05, 3.63) is 64.2 Å². The summed E-state index contributed by atoms with van der Waals surface area (Å²) in [6, 6.07) is 11.2. The monoisotopic (exact) mass is 500 g/mol. The number of rotatable bonds is 11. The van der Waals surface area contributed by atoms with Gasteiger partial charge in [0, 0.05) is 17.7 Å². The van der Waals surface area contributed by atoms with Crippen molar-refractivity contribution in [3.8, 4) is 11.5 Å². The predicted octanol–water partition coefficient (Wildman–Crippen LogP) is 4.90. The molecule has 0 radical (unpaired) electrons. The smallest absolute Gasteiger partial charge is 0.295 e. The van der Waals surface area contributed by atoms with E-state index in [-0.39, 0.29) is 11.3 Å². The van der Waals surface area contributed by atoms with Crippen molar-refractivity contribution >= 4 is 29.1 Å². The number of halogens is 1.